The highest BCUT2D eigenvalue weighted by Gasteiger charge is 2.24. The Hall–Kier alpha value is -2.49. The van der Waals surface area contributed by atoms with Gasteiger partial charge in [0.15, 0.2) is 0 Å². The van der Waals surface area contributed by atoms with Gasteiger partial charge in [0, 0.05) is 11.7 Å². The molecule has 27 heavy (non-hydrogen) atoms. The monoisotopic (exact) mass is 363 g/mol. The van der Waals surface area contributed by atoms with Crippen LogP contribution in [-0.2, 0) is 0 Å². The summed E-state index contributed by atoms with van der Waals surface area (Å²) < 4.78 is 8.17. The molecule has 0 amide bonds. The number of rotatable bonds is 5. The summed E-state index contributed by atoms with van der Waals surface area (Å²) in [5.41, 5.74) is 3.31. The molecule has 1 heterocycles. The Bertz CT molecular complexity index is 898. The fourth-order valence-corrected chi connectivity index (χ4v) is 4.16. The van der Waals surface area contributed by atoms with Crippen molar-refractivity contribution in [2.45, 2.75) is 58.6 Å². The zero-order chi connectivity index (χ0) is 18.8. The molecule has 3 aromatic rings. The second kappa shape index (κ2) is 7.63. The summed E-state index contributed by atoms with van der Waals surface area (Å²) in [6.45, 7) is 6.45. The Morgan fingerprint density at radius 3 is 2.59 bits per heavy atom. The molecule has 4 nitrogen and oxygen atoms in total. The second-order valence-corrected chi connectivity index (χ2v) is 8.04. The van der Waals surface area contributed by atoms with Gasteiger partial charge in [-0.2, -0.15) is 0 Å². The lowest BCUT2D eigenvalue weighted by atomic mass is 9.87. The van der Waals surface area contributed by atoms with Gasteiger partial charge >= 0.3 is 0 Å². The molecule has 1 aromatic heterocycles. The minimum absolute atomic E-state index is 0.182. The molecule has 1 N–H and O–H groups in total. The van der Waals surface area contributed by atoms with Crippen LogP contribution >= 0.6 is 0 Å². The van der Waals surface area contributed by atoms with Crippen molar-refractivity contribution >= 4 is 22.7 Å². The first kappa shape index (κ1) is 17.9. The normalized spacial score (nSPS) is 20.1. The molecule has 1 aliphatic carbocycles. The highest BCUT2D eigenvalue weighted by molar-refractivity contribution is 5.80. The van der Waals surface area contributed by atoms with Crippen molar-refractivity contribution in [2.24, 2.45) is 5.92 Å². The summed E-state index contributed by atoms with van der Waals surface area (Å²) in [7, 11) is 0. The van der Waals surface area contributed by atoms with E-state index in [1.807, 2.05) is 26.0 Å². The third-order valence-electron chi connectivity index (χ3n) is 5.35. The highest BCUT2D eigenvalue weighted by atomic mass is 16.5. The van der Waals surface area contributed by atoms with E-state index in [1.54, 1.807) is 0 Å². The van der Waals surface area contributed by atoms with Gasteiger partial charge in [-0.15, -0.1) is 0 Å². The number of hydrogen-bond acceptors (Lipinski definition) is 3. The molecule has 2 aromatic carbocycles. The van der Waals surface area contributed by atoms with Crippen LogP contribution in [0.2, 0.25) is 0 Å². The maximum atomic E-state index is 5.75. The summed E-state index contributed by atoms with van der Waals surface area (Å²) >= 11 is 0. The first-order valence-corrected chi connectivity index (χ1v) is 10.1. The molecule has 0 bridgehead atoms. The van der Waals surface area contributed by atoms with E-state index in [-0.39, 0.29) is 6.10 Å². The Labute approximate surface area is 161 Å². The number of hydrogen-bond donors (Lipinski definition) is 1. The average molecular weight is 364 g/mol. The van der Waals surface area contributed by atoms with Gasteiger partial charge in [-0.05, 0) is 69.0 Å². The zero-order valence-electron chi connectivity index (χ0n) is 16.5. The van der Waals surface area contributed by atoms with Crippen molar-refractivity contribution < 1.29 is 4.74 Å². The number of ether oxygens (including phenoxy) is 1. The van der Waals surface area contributed by atoms with Gasteiger partial charge in [-0.25, -0.2) is 4.98 Å². The lowest BCUT2D eigenvalue weighted by molar-refractivity contribution is 0.242. The molecule has 0 saturated heterocycles. The maximum Gasteiger partial charge on any atom is 0.208 e. The summed E-state index contributed by atoms with van der Waals surface area (Å²) in [6, 6.07) is 17.1. The summed E-state index contributed by atoms with van der Waals surface area (Å²) in [5.74, 6) is 2.60. The van der Waals surface area contributed by atoms with Gasteiger partial charge in [-0.1, -0.05) is 31.9 Å². The summed E-state index contributed by atoms with van der Waals surface area (Å²) in [4.78, 5) is 4.90. The van der Waals surface area contributed by atoms with Crippen molar-refractivity contribution in [3.05, 3.63) is 48.5 Å². The van der Waals surface area contributed by atoms with Crippen LogP contribution in [0.1, 0.15) is 52.5 Å². The second-order valence-electron chi connectivity index (χ2n) is 8.04. The van der Waals surface area contributed by atoms with E-state index >= 15 is 0 Å². The summed E-state index contributed by atoms with van der Waals surface area (Å²) in [6.07, 6.45) is 5.25. The third-order valence-corrected chi connectivity index (χ3v) is 5.35. The van der Waals surface area contributed by atoms with Crippen LogP contribution in [0.5, 0.6) is 5.75 Å². The first-order chi connectivity index (χ1) is 13.1. The van der Waals surface area contributed by atoms with Gasteiger partial charge in [0.2, 0.25) is 5.95 Å². The van der Waals surface area contributed by atoms with Crippen LogP contribution in [0.15, 0.2) is 48.5 Å². The molecule has 1 fully saturated rings. The van der Waals surface area contributed by atoms with Crippen molar-refractivity contribution in [3.63, 3.8) is 0 Å². The van der Waals surface area contributed by atoms with E-state index < -0.39 is 0 Å². The van der Waals surface area contributed by atoms with E-state index in [4.69, 9.17) is 9.72 Å². The van der Waals surface area contributed by atoms with Gasteiger partial charge in [0.05, 0.1) is 17.1 Å². The van der Waals surface area contributed by atoms with Gasteiger partial charge in [-0.3, -0.25) is 0 Å². The zero-order valence-corrected chi connectivity index (χ0v) is 16.5. The van der Waals surface area contributed by atoms with Gasteiger partial charge in [0.1, 0.15) is 5.75 Å². The molecule has 1 aliphatic rings. The van der Waals surface area contributed by atoms with E-state index in [0.717, 1.165) is 28.8 Å². The van der Waals surface area contributed by atoms with Gasteiger partial charge < -0.3 is 14.6 Å². The quantitative estimate of drug-likeness (QED) is 0.576. The largest absolute Gasteiger partial charge is 0.491 e. The van der Waals surface area contributed by atoms with Gasteiger partial charge in [0.25, 0.3) is 0 Å². The van der Waals surface area contributed by atoms with Crippen LogP contribution in [0, 0.1) is 5.92 Å². The minimum Gasteiger partial charge on any atom is -0.491 e. The Kier molecular flexibility index (Phi) is 5.06. The SMILES string of the molecule is CC(C)Oc1ccc(Nc2nc3ccccc3n2C2CCC[C@H](C)C2)cc1. The number of fused-ring (bicyclic) bond motifs is 1. The minimum atomic E-state index is 0.182. The van der Waals surface area contributed by atoms with Crippen LogP contribution < -0.4 is 10.1 Å². The molecule has 4 heteroatoms. The fraction of sp³-hybridized carbons (Fsp3) is 0.435. The molecule has 142 valence electrons. The predicted octanol–water partition coefficient (Wildman–Crippen LogP) is 6.32. The maximum absolute atomic E-state index is 5.75. The van der Waals surface area contributed by atoms with E-state index in [1.165, 1.54) is 31.2 Å². The van der Waals surface area contributed by atoms with Crippen molar-refractivity contribution in [1.82, 2.24) is 9.55 Å². The number of imidazole rings is 1. The Morgan fingerprint density at radius 2 is 1.85 bits per heavy atom. The smallest absolute Gasteiger partial charge is 0.208 e. The Morgan fingerprint density at radius 1 is 1.07 bits per heavy atom. The van der Waals surface area contributed by atoms with E-state index in [2.05, 4.69) is 53.2 Å². The van der Waals surface area contributed by atoms with Crippen molar-refractivity contribution in [3.8, 4) is 5.75 Å². The molecule has 4 rings (SSSR count). The fourth-order valence-electron chi connectivity index (χ4n) is 4.16. The number of anilines is 2. The predicted molar refractivity (Wildman–Crippen MR) is 112 cm³/mol. The van der Waals surface area contributed by atoms with Crippen LogP contribution in [0.4, 0.5) is 11.6 Å². The number of nitrogens with zero attached hydrogens (tertiary/aromatic N) is 2. The molecular weight excluding hydrogens is 334 g/mol. The number of para-hydroxylation sites is 2. The molecular formula is C23H29N3O. The molecule has 0 spiro atoms. The number of aromatic nitrogens is 2. The van der Waals surface area contributed by atoms with Crippen molar-refractivity contribution in [1.29, 1.82) is 0 Å². The van der Waals surface area contributed by atoms with E-state index in [0.29, 0.717) is 6.04 Å². The van der Waals surface area contributed by atoms with E-state index in [9.17, 15) is 0 Å². The Balaban J connectivity index is 1.65. The topological polar surface area (TPSA) is 39.1 Å². The highest BCUT2D eigenvalue weighted by Crippen LogP contribution is 2.37. The van der Waals surface area contributed by atoms with Crippen LogP contribution in [0.25, 0.3) is 11.0 Å². The lowest BCUT2D eigenvalue weighted by Gasteiger charge is -2.29. The van der Waals surface area contributed by atoms with Crippen LogP contribution in [0.3, 0.4) is 0 Å². The molecule has 0 radical (unpaired) electrons. The average Bonchev–Trinajstić information content (AvgIpc) is 3.01. The molecule has 1 saturated carbocycles. The molecule has 2 atom stereocenters. The number of nitrogens with one attached hydrogen (secondary N) is 1. The first-order valence-electron chi connectivity index (χ1n) is 10.1. The van der Waals surface area contributed by atoms with Crippen molar-refractivity contribution in [2.75, 3.05) is 5.32 Å². The third kappa shape index (κ3) is 3.95. The number of benzene rings is 2. The summed E-state index contributed by atoms with van der Waals surface area (Å²) in [5, 5.41) is 3.55. The standard InChI is InChI=1S/C23H29N3O/c1-16(2)27-20-13-11-18(12-14-20)24-23-25-21-9-4-5-10-22(21)26(23)19-8-6-7-17(3)15-19/h4-5,9-14,16-17,19H,6-8,15H2,1-3H3,(H,24,25)/t17-,19?/m0/s1. The van der Waals surface area contributed by atoms with Crippen LogP contribution in [-0.4, -0.2) is 15.7 Å². The molecule has 0 aliphatic heterocycles. The molecule has 1 unspecified atom stereocenters. The lowest BCUT2D eigenvalue weighted by Crippen LogP contribution is -2.19.